The standard InChI is InChI=1S/C30H32FN7O2/c1-3-33-27(39)21-9-13-24-19(15-21)5-6-20-16-22(28(40)34-4-2)10-14-25(20)30(24,29-35-37-38-36-29)17-26(32)18-7-11-23(31)12-8-18/h7-16,26H,3-6,17,32H2,1-2H3,(H,33,39)(H,34,40)(H,35,36,37,38)/t26-/m0/s1. The molecule has 5 N–H and O–H groups in total. The number of nitrogens with one attached hydrogen (secondary N) is 3. The molecule has 4 aromatic rings. The lowest BCUT2D eigenvalue weighted by Gasteiger charge is -2.36. The monoisotopic (exact) mass is 541 g/mol. The zero-order valence-corrected chi connectivity index (χ0v) is 22.5. The number of benzene rings is 3. The highest BCUT2D eigenvalue weighted by molar-refractivity contribution is 5.95. The van der Waals surface area contributed by atoms with Crippen LogP contribution in [0.1, 0.15) is 80.7 Å². The number of hydrogen-bond donors (Lipinski definition) is 4. The molecule has 1 atom stereocenters. The number of carbonyl (C=O) groups is 2. The van der Waals surface area contributed by atoms with Crippen LogP contribution < -0.4 is 16.4 Å². The molecule has 0 spiro atoms. The lowest BCUT2D eigenvalue weighted by atomic mass is 9.67. The molecular weight excluding hydrogens is 509 g/mol. The molecule has 5 rings (SSSR count). The van der Waals surface area contributed by atoms with Gasteiger partial charge in [0.15, 0.2) is 5.82 Å². The molecule has 0 saturated heterocycles. The number of nitrogens with zero attached hydrogens (tertiary/aromatic N) is 3. The third-order valence-electron chi connectivity index (χ3n) is 7.54. The first-order chi connectivity index (χ1) is 19.4. The largest absolute Gasteiger partial charge is 0.352 e. The molecule has 1 heterocycles. The van der Waals surface area contributed by atoms with E-state index in [2.05, 4.69) is 31.3 Å². The number of carbonyl (C=O) groups excluding carboxylic acids is 2. The second-order valence-corrected chi connectivity index (χ2v) is 9.97. The summed E-state index contributed by atoms with van der Waals surface area (Å²) in [7, 11) is 0. The van der Waals surface area contributed by atoms with E-state index in [4.69, 9.17) is 5.73 Å². The Kier molecular flexibility index (Phi) is 7.70. The van der Waals surface area contributed by atoms with Crippen molar-refractivity contribution in [3.05, 3.63) is 111 Å². The summed E-state index contributed by atoms with van der Waals surface area (Å²) < 4.78 is 13.7. The fraction of sp³-hybridized carbons (Fsp3) is 0.300. The smallest absolute Gasteiger partial charge is 0.251 e. The highest BCUT2D eigenvalue weighted by atomic mass is 19.1. The minimum atomic E-state index is -0.971. The summed E-state index contributed by atoms with van der Waals surface area (Å²) in [5, 5.41) is 21.2. The third-order valence-corrected chi connectivity index (χ3v) is 7.54. The average Bonchev–Trinajstić information content (AvgIpc) is 3.47. The summed E-state index contributed by atoms with van der Waals surface area (Å²) in [5.74, 6) is -0.228. The number of amides is 2. The van der Waals surface area contributed by atoms with Gasteiger partial charge in [0.25, 0.3) is 11.8 Å². The van der Waals surface area contributed by atoms with Crippen LogP contribution in [0.5, 0.6) is 0 Å². The minimum absolute atomic E-state index is 0.154. The summed E-state index contributed by atoms with van der Waals surface area (Å²) in [5.41, 5.74) is 11.5. The molecule has 1 aliphatic carbocycles. The number of halogens is 1. The van der Waals surface area contributed by atoms with Gasteiger partial charge in [0.1, 0.15) is 5.82 Å². The maximum atomic E-state index is 13.7. The SMILES string of the molecule is CCNC(=O)c1ccc2c(c1)CCc1cc(C(=O)NCC)ccc1C2(C[C@H](N)c1ccc(F)cc1)c1nn[nH]n1. The van der Waals surface area contributed by atoms with Crippen molar-refractivity contribution >= 4 is 11.8 Å². The van der Waals surface area contributed by atoms with E-state index in [0.29, 0.717) is 49.3 Å². The highest BCUT2D eigenvalue weighted by Gasteiger charge is 2.46. The second kappa shape index (κ2) is 11.4. The predicted molar refractivity (Wildman–Crippen MR) is 148 cm³/mol. The Balaban J connectivity index is 1.74. The number of tetrazole rings is 1. The van der Waals surface area contributed by atoms with Crippen molar-refractivity contribution < 1.29 is 14.0 Å². The molecule has 0 radical (unpaired) electrons. The third kappa shape index (κ3) is 4.98. The first-order valence-corrected chi connectivity index (χ1v) is 13.5. The first kappa shape index (κ1) is 27.1. The van der Waals surface area contributed by atoms with Crippen LogP contribution in [0.25, 0.3) is 0 Å². The zero-order valence-electron chi connectivity index (χ0n) is 22.5. The van der Waals surface area contributed by atoms with E-state index >= 15 is 0 Å². The maximum absolute atomic E-state index is 13.7. The van der Waals surface area contributed by atoms with E-state index in [1.165, 1.54) is 12.1 Å². The van der Waals surface area contributed by atoms with Gasteiger partial charge in [-0.1, -0.05) is 29.5 Å². The van der Waals surface area contributed by atoms with E-state index in [1.807, 2.05) is 38.1 Å². The van der Waals surface area contributed by atoms with E-state index in [1.54, 1.807) is 24.3 Å². The van der Waals surface area contributed by atoms with Gasteiger partial charge < -0.3 is 16.4 Å². The minimum Gasteiger partial charge on any atom is -0.352 e. The molecule has 40 heavy (non-hydrogen) atoms. The Bertz CT molecular complexity index is 1450. The number of aromatic amines is 1. The van der Waals surface area contributed by atoms with Crippen molar-refractivity contribution in [2.45, 2.75) is 44.6 Å². The average molecular weight is 542 g/mol. The molecular formula is C30H32FN7O2. The van der Waals surface area contributed by atoms with Crippen molar-refractivity contribution in [3.8, 4) is 0 Å². The normalized spacial score (nSPS) is 14.4. The molecule has 2 amide bonds. The van der Waals surface area contributed by atoms with Crippen LogP contribution in [0.3, 0.4) is 0 Å². The molecule has 10 heteroatoms. The highest BCUT2D eigenvalue weighted by Crippen LogP contribution is 2.48. The van der Waals surface area contributed by atoms with E-state index in [-0.39, 0.29) is 17.6 Å². The Labute approximate surface area is 231 Å². The number of rotatable bonds is 8. The summed E-state index contributed by atoms with van der Waals surface area (Å²) >= 11 is 0. The lowest BCUT2D eigenvalue weighted by Crippen LogP contribution is -2.36. The summed E-state index contributed by atoms with van der Waals surface area (Å²) in [6, 6.07) is 16.9. The Hall–Kier alpha value is -4.44. The molecule has 1 aliphatic rings. The van der Waals surface area contributed by atoms with Gasteiger partial charge in [-0.3, -0.25) is 9.59 Å². The first-order valence-electron chi connectivity index (χ1n) is 13.5. The second-order valence-electron chi connectivity index (χ2n) is 9.97. The van der Waals surface area contributed by atoms with Crippen molar-refractivity contribution in [3.63, 3.8) is 0 Å². The fourth-order valence-electron chi connectivity index (χ4n) is 5.71. The number of hydrogen-bond acceptors (Lipinski definition) is 6. The van der Waals surface area contributed by atoms with Gasteiger partial charge in [-0.2, -0.15) is 5.21 Å². The van der Waals surface area contributed by atoms with Crippen molar-refractivity contribution in [2.24, 2.45) is 5.73 Å². The lowest BCUT2D eigenvalue weighted by molar-refractivity contribution is 0.0947. The topological polar surface area (TPSA) is 139 Å². The van der Waals surface area contributed by atoms with Gasteiger partial charge in [-0.05, 0) is 97.3 Å². The zero-order chi connectivity index (χ0) is 28.3. The van der Waals surface area contributed by atoms with Crippen LogP contribution in [0, 0.1) is 5.82 Å². The summed E-state index contributed by atoms with van der Waals surface area (Å²) in [4.78, 5) is 25.5. The van der Waals surface area contributed by atoms with Gasteiger partial charge in [0.05, 0.1) is 5.41 Å². The van der Waals surface area contributed by atoms with Crippen LogP contribution in [0.15, 0.2) is 60.7 Å². The summed E-state index contributed by atoms with van der Waals surface area (Å²) in [6.45, 7) is 4.79. The molecule has 0 fully saturated rings. The Morgan fingerprint density at radius 1 is 0.925 bits per heavy atom. The van der Waals surface area contributed by atoms with Crippen LogP contribution in [0.4, 0.5) is 4.39 Å². The van der Waals surface area contributed by atoms with Crippen LogP contribution >= 0.6 is 0 Å². The Morgan fingerprint density at radius 3 is 1.95 bits per heavy atom. The molecule has 0 aliphatic heterocycles. The fourth-order valence-corrected chi connectivity index (χ4v) is 5.71. The number of fused-ring (bicyclic) bond motifs is 2. The van der Waals surface area contributed by atoms with Gasteiger partial charge in [-0.25, -0.2) is 4.39 Å². The van der Waals surface area contributed by atoms with Gasteiger partial charge in [-0.15, -0.1) is 10.2 Å². The van der Waals surface area contributed by atoms with E-state index in [9.17, 15) is 14.0 Å². The van der Waals surface area contributed by atoms with E-state index in [0.717, 1.165) is 27.8 Å². The van der Waals surface area contributed by atoms with Crippen molar-refractivity contribution in [2.75, 3.05) is 13.1 Å². The molecule has 206 valence electrons. The molecule has 0 saturated carbocycles. The van der Waals surface area contributed by atoms with Crippen LogP contribution in [-0.2, 0) is 18.3 Å². The van der Waals surface area contributed by atoms with Crippen LogP contribution in [0.2, 0.25) is 0 Å². The molecule has 0 bridgehead atoms. The number of H-pyrrole nitrogens is 1. The van der Waals surface area contributed by atoms with Crippen LogP contribution in [-0.4, -0.2) is 45.5 Å². The van der Waals surface area contributed by atoms with E-state index < -0.39 is 11.5 Å². The maximum Gasteiger partial charge on any atom is 0.251 e. The number of aryl methyl sites for hydroxylation is 2. The number of aromatic nitrogens is 4. The molecule has 0 unspecified atom stereocenters. The molecule has 3 aromatic carbocycles. The quantitative estimate of drug-likeness (QED) is 0.270. The van der Waals surface area contributed by atoms with Gasteiger partial charge in [0, 0.05) is 30.3 Å². The van der Waals surface area contributed by atoms with Gasteiger partial charge in [0.2, 0.25) is 0 Å². The van der Waals surface area contributed by atoms with Gasteiger partial charge >= 0.3 is 0 Å². The summed E-state index contributed by atoms with van der Waals surface area (Å²) in [6.07, 6.45) is 1.58. The number of nitrogens with two attached hydrogens (primary N) is 1. The van der Waals surface area contributed by atoms with Crippen molar-refractivity contribution in [1.82, 2.24) is 31.3 Å². The molecule has 1 aromatic heterocycles. The van der Waals surface area contributed by atoms with Crippen molar-refractivity contribution in [1.29, 1.82) is 0 Å². The molecule has 9 nitrogen and oxygen atoms in total. The Morgan fingerprint density at radius 2 is 1.48 bits per heavy atom. The predicted octanol–water partition coefficient (Wildman–Crippen LogP) is 3.36.